The van der Waals surface area contributed by atoms with Crippen molar-refractivity contribution in [3.8, 4) is 0 Å². The van der Waals surface area contributed by atoms with Crippen LogP contribution < -0.4 is 4.90 Å². The molecule has 202 valence electrons. The third-order valence-corrected chi connectivity index (χ3v) is 9.07. The Morgan fingerprint density at radius 1 is 0.900 bits per heavy atom. The number of carbonyl (C=O) groups is 2. The summed E-state index contributed by atoms with van der Waals surface area (Å²) in [5.74, 6) is -0.929. The first kappa shape index (κ1) is 24.6. The monoisotopic (exact) mass is 534 g/mol. The molecule has 2 fully saturated rings. The van der Waals surface area contributed by atoms with Gasteiger partial charge in [0.1, 0.15) is 5.82 Å². The van der Waals surface area contributed by atoms with Crippen molar-refractivity contribution in [2.75, 3.05) is 24.5 Å². The van der Waals surface area contributed by atoms with E-state index in [1.165, 1.54) is 34.0 Å². The minimum Gasteiger partial charge on any atom is -0.361 e. The van der Waals surface area contributed by atoms with Crippen molar-refractivity contribution in [2.45, 2.75) is 31.6 Å². The third kappa shape index (κ3) is 3.83. The summed E-state index contributed by atoms with van der Waals surface area (Å²) in [6, 6.07) is 21.2. The number of nitrogens with zero attached hydrogens (tertiary/aromatic N) is 2. The maximum Gasteiger partial charge on any atom is 0.228 e. The number of nitrogens with one attached hydrogen (secondary N) is 2. The SMILES string of the molecule is Cc1ccc(F)cc1N1C[C@@H](C(=O)N2CCC(c3c[nH]c4ccccc34)(c3c[nH]c4ccccc34)CC2)CC1=O. The van der Waals surface area contributed by atoms with Crippen molar-refractivity contribution in [3.63, 3.8) is 0 Å². The number of benzene rings is 3. The van der Waals surface area contributed by atoms with Gasteiger partial charge in [0.05, 0.1) is 5.92 Å². The average molecular weight is 535 g/mol. The lowest BCUT2D eigenvalue weighted by atomic mass is 9.67. The molecular weight excluding hydrogens is 503 g/mol. The van der Waals surface area contributed by atoms with E-state index in [9.17, 15) is 14.0 Å². The molecule has 40 heavy (non-hydrogen) atoms. The maximum absolute atomic E-state index is 14.0. The van der Waals surface area contributed by atoms with E-state index in [2.05, 4.69) is 58.8 Å². The minimum absolute atomic E-state index is 0.0105. The first-order chi connectivity index (χ1) is 19.4. The molecule has 5 aromatic rings. The summed E-state index contributed by atoms with van der Waals surface area (Å²) in [4.78, 5) is 37.1. The number of H-pyrrole nitrogens is 2. The number of hydrogen-bond donors (Lipinski definition) is 2. The summed E-state index contributed by atoms with van der Waals surface area (Å²) >= 11 is 0. The smallest absolute Gasteiger partial charge is 0.228 e. The van der Waals surface area contributed by atoms with E-state index in [0.717, 1.165) is 29.4 Å². The van der Waals surface area contributed by atoms with Crippen LogP contribution in [0.1, 0.15) is 36.0 Å². The number of halogens is 1. The zero-order valence-corrected chi connectivity index (χ0v) is 22.4. The Labute approximate surface area is 231 Å². The molecule has 2 aromatic heterocycles. The molecule has 0 radical (unpaired) electrons. The molecule has 7 heteroatoms. The number of aryl methyl sites for hydroxylation is 1. The number of para-hydroxylation sites is 2. The van der Waals surface area contributed by atoms with Crippen LogP contribution in [0.5, 0.6) is 0 Å². The Balaban J connectivity index is 1.18. The molecular formula is C33H31FN4O2. The van der Waals surface area contributed by atoms with Gasteiger partial charge in [-0.2, -0.15) is 0 Å². The van der Waals surface area contributed by atoms with Crippen molar-refractivity contribution in [1.82, 2.24) is 14.9 Å². The molecule has 6 nitrogen and oxygen atoms in total. The lowest BCUT2D eigenvalue weighted by Gasteiger charge is -2.43. The van der Waals surface area contributed by atoms with Crippen LogP contribution in [-0.2, 0) is 15.0 Å². The Hall–Kier alpha value is -4.39. The normalized spacial score (nSPS) is 19.1. The summed E-state index contributed by atoms with van der Waals surface area (Å²) in [5.41, 5.74) is 5.82. The van der Waals surface area contributed by atoms with Gasteiger partial charge in [-0.05, 0) is 60.7 Å². The van der Waals surface area contributed by atoms with Crippen LogP contribution in [-0.4, -0.2) is 46.3 Å². The van der Waals surface area contributed by atoms with Gasteiger partial charge in [0, 0.05) is 71.4 Å². The highest BCUT2D eigenvalue weighted by atomic mass is 19.1. The number of amides is 2. The van der Waals surface area contributed by atoms with Crippen molar-refractivity contribution in [3.05, 3.63) is 102 Å². The second-order valence-electron chi connectivity index (χ2n) is 11.2. The van der Waals surface area contributed by atoms with Crippen LogP contribution in [0.15, 0.2) is 79.1 Å². The molecule has 0 saturated carbocycles. The van der Waals surface area contributed by atoms with Crippen LogP contribution in [0.2, 0.25) is 0 Å². The van der Waals surface area contributed by atoms with Crippen molar-refractivity contribution in [2.24, 2.45) is 5.92 Å². The van der Waals surface area contributed by atoms with Crippen LogP contribution in [0.3, 0.4) is 0 Å². The first-order valence-electron chi connectivity index (χ1n) is 13.9. The highest BCUT2D eigenvalue weighted by Gasteiger charge is 2.44. The second kappa shape index (κ2) is 9.37. The summed E-state index contributed by atoms with van der Waals surface area (Å²) in [7, 11) is 0. The fourth-order valence-corrected chi connectivity index (χ4v) is 6.96. The van der Waals surface area contributed by atoms with Crippen LogP contribution >= 0.6 is 0 Å². The number of piperidine rings is 1. The summed E-state index contributed by atoms with van der Waals surface area (Å²) < 4.78 is 14.0. The van der Waals surface area contributed by atoms with E-state index in [-0.39, 0.29) is 36.0 Å². The van der Waals surface area contributed by atoms with Gasteiger partial charge >= 0.3 is 0 Å². The summed E-state index contributed by atoms with van der Waals surface area (Å²) in [5, 5.41) is 2.41. The molecule has 1 atom stereocenters. The quantitative estimate of drug-likeness (QED) is 0.294. The zero-order chi connectivity index (χ0) is 27.4. The Bertz CT molecular complexity index is 1680. The molecule has 0 spiro atoms. The predicted molar refractivity (Wildman–Crippen MR) is 155 cm³/mol. The van der Waals surface area contributed by atoms with E-state index in [1.54, 1.807) is 11.0 Å². The molecule has 2 saturated heterocycles. The summed E-state index contributed by atoms with van der Waals surface area (Å²) in [6.45, 7) is 3.34. The van der Waals surface area contributed by atoms with Gasteiger partial charge in [-0.25, -0.2) is 4.39 Å². The van der Waals surface area contributed by atoms with Gasteiger partial charge in [0.25, 0.3) is 0 Å². The van der Waals surface area contributed by atoms with Gasteiger partial charge in [0.15, 0.2) is 0 Å². The molecule has 3 aromatic carbocycles. The number of likely N-dealkylation sites (tertiary alicyclic amines) is 1. The van der Waals surface area contributed by atoms with Gasteiger partial charge < -0.3 is 19.8 Å². The molecule has 7 rings (SSSR count). The Kier molecular flexibility index (Phi) is 5.77. The zero-order valence-electron chi connectivity index (χ0n) is 22.4. The van der Waals surface area contributed by atoms with E-state index in [4.69, 9.17) is 0 Å². The van der Waals surface area contributed by atoms with Gasteiger partial charge in [-0.3, -0.25) is 9.59 Å². The van der Waals surface area contributed by atoms with E-state index >= 15 is 0 Å². The number of rotatable bonds is 4. The molecule has 2 aliphatic rings. The molecule has 4 heterocycles. The van der Waals surface area contributed by atoms with E-state index in [1.807, 2.05) is 24.0 Å². The fraction of sp³-hybridized carbons (Fsp3) is 0.273. The molecule has 0 unspecified atom stereocenters. The standard InChI is InChI=1S/C33H31FN4O2/c1-21-10-11-23(34)17-30(21)38-20-22(16-31(38)39)32(40)37-14-12-33(13-15-37,26-18-35-28-8-4-2-6-24(26)28)27-19-36-29-9-5-3-7-25(27)29/h2-11,17-19,22,35-36H,12-16,20H2,1H3/t22-/m0/s1. The van der Waals surface area contributed by atoms with Crippen LogP contribution in [0, 0.1) is 18.7 Å². The molecule has 0 bridgehead atoms. The molecule has 0 aliphatic carbocycles. The minimum atomic E-state index is -0.427. The number of aromatic amines is 2. The van der Waals surface area contributed by atoms with E-state index in [0.29, 0.717) is 18.8 Å². The largest absolute Gasteiger partial charge is 0.361 e. The molecule has 2 N–H and O–H groups in total. The Morgan fingerprint density at radius 3 is 2.12 bits per heavy atom. The third-order valence-electron chi connectivity index (χ3n) is 9.07. The van der Waals surface area contributed by atoms with Gasteiger partial charge in [0.2, 0.25) is 11.8 Å². The van der Waals surface area contributed by atoms with E-state index < -0.39 is 5.92 Å². The molecule has 2 aliphatic heterocycles. The van der Waals surface area contributed by atoms with Gasteiger partial charge in [-0.15, -0.1) is 0 Å². The van der Waals surface area contributed by atoms with Gasteiger partial charge in [-0.1, -0.05) is 42.5 Å². The van der Waals surface area contributed by atoms with Crippen molar-refractivity contribution >= 4 is 39.3 Å². The predicted octanol–water partition coefficient (Wildman–Crippen LogP) is 6.06. The lowest BCUT2D eigenvalue weighted by Crippen LogP contribution is -2.47. The maximum atomic E-state index is 14.0. The number of carbonyl (C=O) groups excluding carboxylic acids is 2. The first-order valence-corrected chi connectivity index (χ1v) is 13.9. The molecule has 2 amide bonds. The Morgan fingerprint density at radius 2 is 1.50 bits per heavy atom. The second-order valence-corrected chi connectivity index (χ2v) is 11.2. The van der Waals surface area contributed by atoms with Crippen LogP contribution in [0.25, 0.3) is 21.8 Å². The number of aromatic nitrogens is 2. The highest BCUT2D eigenvalue weighted by molar-refractivity contribution is 6.01. The summed E-state index contributed by atoms with van der Waals surface area (Å²) in [6.07, 6.45) is 5.98. The van der Waals surface area contributed by atoms with Crippen LogP contribution in [0.4, 0.5) is 10.1 Å². The topological polar surface area (TPSA) is 72.2 Å². The lowest BCUT2D eigenvalue weighted by molar-refractivity contribution is -0.137. The average Bonchev–Trinajstić information content (AvgIpc) is 3.71. The highest BCUT2D eigenvalue weighted by Crippen LogP contribution is 2.47. The van der Waals surface area contributed by atoms with Crippen molar-refractivity contribution < 1.29 is 14.0 Å². The number of anilines is 1. The number of fused-ring (bicyclic) bond motifs is 2. The van der Waals surface area contributed by atoms with Crippen molar-refractivity contribution in [1.29, 1.82) is 0 Å². The fourth-order valence-electron chi connectivity index (χ4n) is 6.96. The number of hydrogen-bond acceptors (Lipinski definition) is 2.